The Morgan fingerprint density at radius 2 is 1.72 bits per heavy atom. The Hall–Kier alpha value is -3.39. The van der Waals surface area contributed by atoms with Gasteiger partial charge < -0.3 is 9.47 Å². The van der Waals surface area contributed by atoms with Crippen molar-refractivity contribution in [2.75, 3.05) is 13.2 Å². The average Bonchev–Trinajstić information content (AvgIpc) is 3.26. The fraction of sp³-hybridized carbons (Fsp3) is 0.167. The van der Waals surface area contributed by atoms with Crippen molar-refractivity contribution in [3.63, 3.8) is 0 Å². The fourth-order valence-corrected chi connectivity index (χ4v) is 3.91. The number of ether oxygens (including phenoxy) is 2. The van der Waals surface area contributed by atoms with Gasteiger partial charge in [0.1, 0.15) is 24.7 Å². The Kier molecular flexibility index (Phi) is 6.70. The third kappa shape index (κ3) is 5.64. The van der Waals surface area contributed by atoms with E-state index in [1.165, 1.54) is 17.4 Å². The second-order valence-corrected chi connectivity index (χ2v) is 7.83. The molecule has 0 amide bonds. The van der Waals surface area contributed by atoms with Gasteiger partial charge in [-0.25, -0.2) is 4.98 Å². The van der Waals surface area contributed by atoms with Gasteiger partial charge in [0.25, 0.3) is 0 Å². The Bertz CT molecular complexity index is 1150. The summed E-state index contributed by atoms with van der Waals surface area (Å²) in [6.07, 6.45) is -0.859. The van der Waals surface area contributed by atoms with Gasteiger partial charge in [0, 0.05) is 29.8 Å². The predicted octanol–water partition coefficient (Wildman–Crippen LogP) is 6.27. The van der Waals surface area contributed by atoms with Gasteiger partial charge in [0.2, 0.25) is 0 Å². The van der Waals surface area contributed by atoms with Crippen LogP contribution in [-0.4, -0.2) is 23.2 Å². The number of rotatable bonds is 8. The second-order valence-electron chi connectivity index (χ2n) is 6.88. The number of thiazole rings is 1. The number of alkyl halides is 3. The van der Waals surface area contributed by atoms with Gasteiger partial charge in [-0.2, -0.15) is 13.2 Å². The van der Waals surface area contributed by atoms with E-state index in [9.17, 15) is 13.2 Å². The lowest BCUT2D eigenvalue weighted by Gasteiger charge is -2.15. The first-order chi connectivity index (χ1) is 15.5. The first-order valence-electron chi connectivity index (χ1n) is 9.84. The largest absolute Gasteiger partial charge is 0.490 e. The zero-order chi connectivity index (χ0) is 22.4. The molecule has 0 unspecified atom stereocenters. The number of hydrogen-bond acceptors (Lipinski definition) is 5. The van der Waals surface area contributed by atoms with Crippen LogP contribution in [0.15, 0.2) is 78.4 Å². The van der Waals surface area contributed by atoms with Gasteiger partial charge >= 0.3 is 6.18 Å². The highest BCUT2D eigenvalue weighted by molar-refractivity contribution is 7.10. The van der Waals surface area contributed by atoms with Crippen LogP contribution in [-0.2, 0) is 12.6 Å². The average molecular weight is 456 g/mol. The third-order valence-corrected chi connectivity index (χ3v) is 5.42. The lowest BCUT2D eigenvalue weighted by Crippen LogP contribution is -2.13. The maximum Gasteiger partial charge on any atom is 0.419 e. The molecular weight excluding hydrogens is 437 g/mol. The molecule has 4 nitrogen and oxygen atoms in total. The molecular formula is C24H19F3N2O2S. The number of para-hydroxylation sites is 1. The van der Waals surface area contributed by atoms with Crippen LogP contribution in [0.3, 0.4) is 0 Å². The Balaban J connectivity index is 1.43. The van der Waals surface area contributed by atoms with Crippen molar-refractivity contribution < 1.29 is 22.6 Å². The van der Waals surface area contributed by atoms with Crippen LogP contribution in [0.25, 0.3) is 11.3 Å². The van der Waals surface area contributed by atoms with E-state index >= 15 is 0 Å². The molecule has 164 valence electrons. The van der Waals surface area contributed by atoms with Crippen LogP contribution < -0.4 is 9.47 Å². The number of hydrogen-bond donors (Lipinski definition) is 0. The summed E-state index contributed by atoms with van der Waals surface area (Å²) in [5, 5.41) is 2.60. The van der Waals surface area contributed by atoms with Gasteiger partial charge in [-0.15, -0.1) is 11.3 Å². The molecule has 0 spiro atoms. The van der Waals surface area contributed by atoms with Gasteiger partial charge in [0.15, 0.2) is 0 Å². The molecule has 2 aromatic heterocycles. The number of pyridine rings is 1. The molecule has 0 atom stereocenters. The Morgan fingerprint density at radius 1 is 0.906 bits per heavy atom. The van der Waals surface area contributed by atoms with Gasteiger partial charge in [-0.05, 0) is 42.0 Å². The van der Waals surface area contributed by atoms with Crippen LogP contribution in [0.1, 0.15) is 16.1 Å². The van der Waals surface area contributed by atoms with Crippen molar-refractivity contribution in [3.05, 3.63) is 94.6 Å². The van der Waals surface area contributed by atoms with Crippen molar-refractivity contribution in [2.45, 2.75) is 12.6 Å². The minimum atomic E-state index is -4.53. The van der Waals surface area contributed by atoms with E-state index in [1.54, 1.807) is 30.6 Å². The monoisotopic (exact) mass is 456 g/mol. The summed E-state index contributed by atoms with van der Waals surface area (Å²) in [6.45, 7) is 0.136. The topological polar surface area (TPSA) is 44.2 Å². The molecule has 4 rings (SSSR count). The maximum atomic E-state index is 13.6. The Labute approximate surface area is 187 Å². The van der Waals surface area contributed by atoms with Crippen molar-refractivity contribution in [1.82, 2.24) is 9.97 Å². The molecule has 2 aromatic carbocycles. The molecule has 0 aliphatic carbocycles. The molecule has 8 heteroatoms. The number of benzene rings is 2. The fourth-order valence-electron chi connectivity index (χ4n) is 3.08. The summed E-state index contributed by atoms with van der Waals surface area (Å²) >= 11 is 1.40. The summed E-state index contributed by atoms with van der Waals surface area (Å²) in [5.74, 6) is 0.421. The van der Waals surface area contributed by atoms with Crippen LogP contribution in [0, 0.1) is 0 Å². The van der Waals surface area contributed by atoms with E-state index in [-0.39, 0.29) is 19.0 Å². The zero-order valence-electron chi connectivity index (χ0n) is 16.9. The molecule has 0 saturated heterocycles. The van der Waals surface area contributed by atoms with Gasteiger partial charge in [-0.1, -0.05) is 24.3 Å². The summed E-state index contributed by atoms with van der Waals surface area (Å²) in [5.41, 5.74) is 1.33. The maximum absolute atomic E-state index is 13.6. The second kappa shape index (κ2) is 9.82. The van der Waals surface area contributed by atoms with Crippen LogP contribution >= 0.6 is 11.3 Å². The molecule has 0 radical (unpaired) electrons. The van der Waals surface area contributed by atoms with Crippen LogP contribution in [0.2, 0.25) is 0 Å². The minimum absolute atomic E-state index is 0.00171. The third-order valence-electron chi connectivity index (χ3n) is 4.57. The molecule has 0 bridgehead atoms. The van der Waals surface area contributed by atoms with Crippen molar-refractivity contribution in [3.8, 4) is 22.8 Å². The molecule has 4 aromatic rings. The predicted molar refractivity (Wildman–Crippen MR) is 117 cm³/mol. The highest BCUT2D eigenvalue weighted by Gasteiger charge is 2.34. The minimum Gasteiger partial charge on any atom is -0.490 e. The smallest absolute Gasteiger partial charge is 0.419 e. The van der Waals surface area contributed by atoms with E-state index in [2.05, 4.69) is 9.97 Å². The normalized spacial score (nSPS) is 11.3. The molecule has 2 heterocycles. The number of halogens is 3. The number of nitrogens with zero attached hydrogens (tertiary/aromatic N) is 2. The summed E-state index contributed by atoms with van der Waals surface area (Å²) in [4.78, 5) is 8.60. The summed E-state index contributed by atoms with van der Waals surface area (Å²) in [7, 11) is 0. The molecule has 0 aliphatic rings. The first-order valence-corrected chi connectivity index (χ1v) is 10.7. The standard InChI is InChI=1S/C24H19F3N2O2S/c25-24(26,27)20-13-17(14-23-29-21(16-32-23)18-5-4-10-28-15-18)8-9-22(20)31-12-11-30-19-6-2-1-3-7-19/h1-10,13,15-16H,11-12,14H2. The molecule has 0 saturated carbocycles. The molecule has 32 heavy (non-hydrogen) atoms. The van der Waals surface area contributed by atoms with Crippen molar-refractivity contribution >= 4 is 11.3 Å². The van der Waals surface area contributed by atoms with E-state index in [1.807, 2.05) is 35.7 Å². The summed E-state index contributed by atoms with van der Waals surface area (Å²) in [6, 6.07) is 16.9. The van der Waals surface area contributed by atoms with E-state index in [4.69, 9.17) is 9.47 Å². The van der Waals surface area contributed by atoms with Gasteiger partial charge in [0.05, 0.1) is 16.3 Å². The van der Waals surface area contributed by atoms with Crippen LogP contribution in [0.5, 0.6) is 11.5 Å². The lowest BCUT2D eigenvalue weighted by molar-refractivity contribution is -0.139. The summed E-state index contributed by atoms with van der Waals surface area (Å²) < 4.78 is 51.8. The zero-order valence-corrected chi connectivity index (χ0v) is 17.7. The SMILES string of the molecule is FC(F)(F)c1cc(Cc2nc(-c3cccnc3)cs2)ccc1OCCOc1ccccc1. The van der Waals surface area contributed by atoms with E-state index in [0.717, 1.165) is 22.3 Å². The van der Waals surface area contributed by atoms with Crippen molar-refractivity contribution in [1.29, 1.82) is 0 Å². The van der Waals surface area contributed by atoms with E-state index in [0.29, 0.717) is 17.7 Å². The first kappa shape index (κ1) is 21.8. The Morgan fingerprint density at radius 3 is 2.47 bits per heavy atom. The molecule has 0 fully saturated rings. The lowest BCUT2D eigenvalue weighted by atomic mass is 10.1. The quantitative estimate of drug-likeness (QED) is 0.293. The van der Waals surface area contributed by atoms with Gasteiger partial charge in [-0.3, -0.25) is 4.98 Å². The van der Waals surface area contributed by atoms with Crippen molar-refractivity contribution in [2.24, 2.45) is 0 Å². The molecule has 0 N–H and O–H groups in total. The van der Waals surface area contributed by atoms with E-state index < -0.39 is 11.7 Å². The highest BCUT2D eigenvalue weighted by Crippen LogP contribution is 2.37. The highest BCUT2D eigenvalue weighted by atomic mass is 32.1. The molecule has 0 aliphatic heterocycles. The number of aromatic nitrogens is 2. The van der Waals surface area contributed by atoms with Crippen LogP contribution in [0.4, 0.5) is 13.2 Å².